The summed E-state index contributed by atoms with van der Waals surface area (Å²) in [6.45, 7) is 3.19. The van der Waals surface area contributed by atoms with Crippen LogP contribution in [0.4, 0.5) is 5.69 Å². The van der Waals surface area contributed by atoms with Gasteiger partial charge in [0, 0.05) is 4.90 Å². The minimum atomic E-state index is -0.983. The predicted octanol–water partition coefficient (Wildman–Crippen LogP) is 3.48. The largest absolute Gasteiger partial charge is 0.448 e. The second kappa shape index (κ2) is 8.71. The number of thioether (sulfide) groups is 1. The van der Waals surface area contributed by atoms with E-state index in [9.17, 15) is 9.59 Å². The first-order valence-electron chi connectivity index (χ1n) is 8.64. The number of ether oxygens (including phenoxy) is 1. The number of nitrogens with zero attached hydrogens (tertiary/aromatic N) is 3. The molecule has 1 atom stereocenters. The van der Waals surface area contributed by atoms with Gasteiger partial charge in [-0.15, -0.1) is 16.9 Å². The van der Waals surface area contributed by atoms with Gasteiger partial charge >= 0.3 is 5.97 Å². The molecule has 1 aromatic heterocycles. The Hall–Kier alpha value is -3.13. The number of carbonyl (C=O) groups excluding carboxylic acids is 2. The van der Waals surface area contributed by atoms with Crippen molar-refractivity contribution in [2.75, 3.05) is 11.6 Å². The molecule has 0 fully saturated rings. The molecule has 0 unspecified atom stereocenters. The smallest absolute Gasteiger partial charge is 0.361 e. The normalized spacial score (nSPS) is 11.7. The maximum absolute atomic E-state index is 12.5. The van der Waals surface area contributed by atoms with Gasteiger partial charge < -0.3 is 10.1 Å². The van der Waals surface area contributed by atoms with Crippen molar-refractivity contribution in [2.24, 2.45) is 0 Å². The van der Waals surface area contributed by atoms with Crippen molar-refractivity contribution < 1.29 is 14.3 Å². The SMILES string of the molecule is CSc1ccccc1NC(=O)[C@@H](C)OC(=O)c1nn(-c2ccccc2)nc1C. The lowest BCUT2D eigenvalue weighted by Gasteiger charge is -2.14. The second-order valence-electron chi connectivity index (χ2n) is 6.00. The number of anilines is 1. The van der Waals surface area contributed by atoms with Crippen molar-refractivity contribution >= 4 is 29.3 Å². The Balaban J connectivity index is 1.69. The average Bonchev–Trinajstić information content (AvgIpc) is 3.10. The zero-order chi connectivity index (χ0) is 20.1. The van der Waals surface area contributed by atoms with Crippen LogP contribution in [-0.4, -0.2) is 39.2 Å². The zero-order valence-corrected chi connectivity index (χ0v) is 16.6. The van der Waals surface area contributed by atoms with Gasteiger partial charge in [-0.3, -0.25) is 4.79 Å². The zero-order valence-electron chi connectivity index (χ0n) is 15.7. The Kier molecular flexibility index (Phi) is 6.10. The van der Waals surface area contributed by atoms with Crippen LogP contribution < -0.4 is 5.32 Å². The van der Waals surface area contributed by atoms with Crippen molar-refractivity contribution in [2.45, 2.75) is 24.8 Å². The Labute approximate surface area is 167 Å². The van der Waals surface area contributed by atoms with Gasteiger partial charge in [0.15, 0.2) is 11.8 Å². The number of aromatic nitrogens is 3. The molecular formula is C20H20N4O3S. The molecule has 28 heavy (non-hydrogen) atoms. The van der Waals surface area contributed by atoms with Crippen LogP contribution in [0.25, 0.3) is 5.69 Å². The Morgan fingerprint density at radius 2 is 1.75 bits per heavy atom. The summed E-state index contributed by atoms with van der Waals surface area (Å²) in [5.74, 6) is -1.11. The topological polar surface area (TPSA) is 86.1 Å². The number of hydrogen-bond acceptors (Lipinski definition) is 6. The van der Waals surface area contributed by atoms with Crippen LogP contribution >= 0.6 is 11.8 Å². The maximum atomic E-state index is 12.5. The van der Waals surface area contributed by atoms with Crippen LogP contribution in [0.1, 0.15) is 23.1 Å². The fourth-order valence-corrected chi connectivity index (χ4v) is 3.05. The van der Waals surface area contributed by atoms with E-state index in [2.05, 4.69) is 15.5 Å². The summed E-state index contributed by atoms with van der Waals surface area (Å²) in [6, 6.07) is 16.7. The van der Waals surface area contributed by atoms with E-state index in [-0.39, 0.29) is 5.69 Å². The average molecular weight is 396 g/mol. The summed E-state index contributed by atoms with van der Waals surface area (Å²) in [5.41, 5.74) is 1.90. The standard InChI is InChI=1S/C20H20N4O3S/c1-13-18(23-24(22-13)15-9-5-4-6-10-15)20(26)27-14(2)19(25)21-16-11-7-8-12-17(16)28-3/h4-12,14H,1-3H3,(H,21,25)/t14-/m1/s1. The highest BCUT2D eigenvalue weighted by molar-refractivity contribution is 7.98. The molecule has 0 aliphatic rings. The predicted molar refractivity (Wildman–Crippen MR) is 108 cm³/mol. The van der Waals surface area contributed by atoms with Crippen LogP contribution in [-0.2, 0) is 9.53 Å². The first-order valence-corrected chi connectivity index (χ1v) is 9.86. The highest BCUT2D eigenvalue weighted by atomic mass is 32.2. The fourth-order valence-electron chi connectivity index (χ4n) is 2.50. The number of hydrogen-bond donors (Lipinski definition) is 1. The van der Waals surface area contributed by atoms with Crippen molar-refractivity contribution in [3.63, 3.8) is 0 Å². The molecule has 1 heterocycles. The summed E-state index contributed by atoms with van der Waals surface area (Å²) >= 11 is 1.52. The molecular weight excluding hydrogens is 376 g/mol. The number of nitrogens with one attached hydrogen (secondary N) is 1. The van der Waals surface area contributed by atoms with E-state index in [4.69, 9.17) is 4.74 Å². The van der Waals surface area contributed by atoms with E-state index >= 15 is 0 Å². The lowest BCUT2D eigenvalue weighted by molar-refractivity contribution is -0.123. The molecule has 0 spiro atoms. The van der Waals surface area contributed by atoms with E-state index < -0.39 is 18.0 Å². The fraction of sp³-hybridized carbons (Fsp3) is 0.200. The first-order chi connectivity index (χ1) is 13.5. The molecule has 0 aliphatic heterocycles. The Morgan fingerprint density at radius 1 is 1.07 bits per heavy atom. The molecule has 0 bridgehead atoms. The number of carbonyl (C=O) groups is 2. The van der Waals surface area contributed by atoms with Gasteiger partial charge in [-0.05, 0) is 44.4 Å². The maximum Gasteiger partial charge on any atom is 0.361 e. The number of aryl methyl sites for hydroxylation is 1. The Bertz CT molecular complexity index is 988. The third-order valence-corrected chi connectivity index (χ3v) is 4.78. The van der Waals surface area contributed by atoms with Crippen molar-refractivity contribution in [3.05, 3.63) is 66.0 Å². The summed E-state index contributed by atoms with van der Waals surface area (Å²) in [4.78, 5) is 27.2. The summed E-state index contributed by atoms with van der Waals surface area (Å²) < 4.78 is 5.30. The monoisotopic (exact) mass is 396 g/mol. The van der Waals surface area contributed by atoms with E-state index in [0.717, 1.165) is 10.6 Å². The van der Waals surface area contributed by atoms with Crippen molar-refractivity contribution in [1.82, 2.24) is 15.0 Å². The van der Waals surface area contributed by atoms with Crippen molar-refractivity contribution in [3.8, 4) is 5.69 Å². The molecule has 0 aliphatic carbocycles. The number of para-hydroxylation sites is 2. The number of rotatable bonds is 6. The van der Waals surface area contributed by atoms with Gasteiger partial charge in [-0.1, -0.05) is 30.3 Å². The molecule has 3 aromatic rings. The molecule has 8 heteroatoms. The van der Waals surface area contributed by atoms with Crippen LogP contribution in [0, 0.1) is 6.92 Å². The first kappa shape index (κ1) is 19.6. The summed E-state index contributed by atoms with van der Waals surface area (Å²) in [7, 11) is 0. The minimum Gasteiger partial charge on any atom is -0.448 e. The molecule has 1 N–H and O–H groups in total. The van der Waals surface area contributed by atoms with Crippen LogP contribution in [0.5, 0.6) is 0 Å². The number of benzene rings is 2. The van der Waals surface area contributed by atoms with Gasteiger partial charge in [0.25, 0.3) is 5.91 Å². The van der Waals surface area contributed by atoms with Gasteiger partial charge in [0.2, 0.25) is 0 Å². The molecule has 1 amide bonds. The highest BCUT2D eigenvalue weighted by Crippen LogP contribution is 2.24. The van der Waals surface area contributed by atoms with E-state index in [0.29, 0.717) is 11.4 Å². The van der Waals surface area contributed by atoms with Gasteiger partial charge in [-0.25, -0.2) is 4.79 Å². The molecule has 0 saturated heterocycles. The van der Waals surface area contributed by atoms with Crippen molar-refractivity contribution in [1.29, 1.82) is 0 Å². The second-order valence-corrected chi connectivity index (χ2v) is 6.84. The van der Waals surface area contributed by atoms with Gasteiger partial charge in [-0.2, -0.15) is 9.90 Å². The van der Waals surface area contributed by atoms with Crippen LogP contribution in [0.3, 0.4) is 0 Å². The number of esters is 1. The van der Waals surface area contributed by atoms with E-state index in [1.807, 2.05) is 54.8 Å². The highest BCUT2D eigenvalue weighted by Gasteiger charge is 2.24. The molecule has 3 rings (SSSR count). The minimum absolute atomic E-state index is 0.0769. The molecule has 0 saturated carbocycles. The third kappa shape index (κ3) is 4.40. The van der Waals surface area contributed by atoms with Gasteiger partial charge in [0.1, 0.15) is 0 Å². The van der Waals surface area contributed by atoms with Crippen LogP contribution in [0.15, 0.2) is 59.5 Å². The third-order valence-electron chi connectivity index (χ3n) is 3.98. The molecule has 2 aromatic carbocycles. The van der Waals surface area contributed by atoms with Gasteiger partial charge in [0.05, 0.1) is 17.1 Å². The summed E-state index contributed by atoms with van der Waals surface area (Å²) in [6.07, 6.45) is 0.941. The number of amides is 1. The lowest BCUT2D eigenvalue weighted by Crippen LogP contribution is -2.30. The van der Waals surface area contributed by atoms with E-state index in [1.54, 1.807) is 13.0 Å². The summed E-state index contributed by atoms with van der Waals surface area (Å²) in [5, 5.41) is 11.2. The van der Waals surface area contributed by atoms with Crippen LogP contribution in [0.2, 0.25) is 0 Å². The quantitative estimate of drug-likeness (QED) is 0.507. The van der Waals surface area contributed by atoms with E-state index in [1.165, 1.54) is 23.5 Å². The molecule has 144 valence electrons. The Morgan fingerprint density at radius 3 is 2.46 bits per heavy atom. The lowest BCUT2D eigenvalue weighted by atomic mass is 10.3. The molecule has 7 nitrogen and oxygen atoms in total. The molecule has 0 radical (unpaired) electrons.